The lowest BCUT2D eigenvalue weighted by Crippen LogP contribution is -2.36. The highest BCUT2D eigenvalue weighted by Gasteiger charge is 2.24. The first-order valence-electron chi connectivity index (χ1n) is 6.39. The molecule has 0 amide bonds. The van der Waals surface area contributed by atoms with Crippen LogP contribution in [0.15, 0.2) is 18.2 Å². The van der Waals surface area contributed by atoms with Crippen molar-refractivity contribution in [3.63, 3.8) is 0 Å². The van der Waals surface area contributed by atoms with Gasteiger partial charge in [0.1, 0.15) is 0 Å². The van der Waals surface area contributed by atoms with Gasteiger partial charge in [0, 0.05) is 5.54 Å². The zero-order valence-corrected chi connectivity index (χ0v) is 11.3. The molecule has 4 N–H and O–H groups in total. The van der Waals surface area contributed by atoms with Gasteiger partial charge in [-0.05, 0) is 37.5 Å². The molecule has 18 heavy (non-hydrogen) atoms. The zero-order valence-electron chi connectivity index (χ0n) is 11.3. The highest BCUT2D eigenvalue weighted by atomic mass is 16.4. The Balaban J connectivity index is 3.09. The standard InChI is InChI=1S/C14H22N2O2/c1-4-14(5-2,6-3)16-12-9-10(13(17)18)7-8-11(12)15/h7-9,16H,4-6,15H2,1-3H3,(H,17,18). The molecule has 0 aromatic heterocycles. The lowest BCUT2D eigenvalue weighted by molar-refractivity contribution is 0.0697. The van der Waals surface area contributed by atoms with Gasteiger partial charge < -0.3 is 16.2 Å². The van der Waals surface area contributed by atoms with E-state index in [4.69, 9.17) is 10.8 Å². The molecule has 0 bridgehead atoms. The number of hydrogen-bond donors (Lipinski definition) is 3. The topological polar surface area (TPSA) is 75.3 Å². The summed E-state index contributed by atoms with van der Waals surface area (Å²) in [5.41, 5.74) is 7.43. The molecule has 0 unspecified atom stereocenters. The Morgan fingerprint density at radius 3 is 2.28 bits per heavy atom. The zero-order chi connectivity index (χ0) is 13.8. The van der Waals surface area contributed by atoms with E-state index in [0.29, 0.717) is 11.4 Å². The van der Waals surface area contributed by atoms with E-state index in [0.717, 1.165) is 19.3 Å². The number of anilines is 2. The van der Waals surface area contributed by atoms with Gasteiger partial charge in [-0.3, -0.25) is 0 Å². The van der Waals surface area contributed by atoms with E-state index in [-0.39, 0.29) is 11.1 Å². The van der Waals surface area contributed by atoms with Gasteiger partial charge in [0.15, 0.2) is 0 Å². The summed E-state index contributed by atoms with van der Waals surface area (Å²) in [6, 6.07) is 4.76. The van der Waals surface area contributed by atoms with Gasteiger partial charge in [-0.2, -0.15) is 0 Å². The fourth-order valence-electron chi connectivity index (χ4n) is 2.10. The molecule has 0 aliphatic heterocycles. The lowest BCUT2D eigenvalue weighted by atomic mass is 9.89. The highest BCUT2D eigenvalue weighted by molar-refractivity contribution is 5.90. The molecule has 0 saturated heterocycles. The summed E-state index contributed by atoms with van der Waals surface area (Å²) >= 11 is 0. The largest absolute Gasteiger partial charge is 0.478 e. The summed E-state index contributed by atoms with van der Waals surface area (Å²) < 4.78 is 0. The van der Waals surface area contributed by atoms with E-state index in [2.05, 4.69) is 26.1 Å². The summed E-state index contributed by atoms with van der Waals surface area (Å²) in [6.07, 6.45) is 2.91. The summed E-state index contributed by atoms with van der Waals surface area (Å²) in [6.45, 7) is 6.37. The van der Waals surface area contributed by atoms with Crippen molar-refractivity contribution in [3.05, 3.63) is 23.8 Å². The average molecular weight is 250 g/mol. The monoisotopic (exact) mass is 250 g/mol. The van der Waals surface area contributed by atoms with Crippen LogP contribution in [0.3, 0.4) is 0 Å². The Hall–Kier alpha value is -1.71. The number of hydrogen-bond acceptors (Lipinski definition) is 3. The molecular weight excluding hydrogens is 228 g/mol. The van der Waals surface area contributed by atoms with Gasteiger partial charge >= 0.3 is 5.97 Å². The second-order valence-corrected chi connectivity index (χ2v) is 4.57. The van der Waals surface area contributed by atoms with Crippen molar-refractivity contribution in [3.8, 4) is 0 Å². The minimum Gasteiger partial charge on any atom is -0.478 e. The van der Waals surface area contributed by atoms with Gasteiger partial charge in [-0.25, -0.2) is 4.79 Å². The van der Waals surface area contributed by atoms with Gasteiger partial charge in [0.05, 0.1) is 16.9 Å². The molecule has 0 radical (unpaired) electrons. The first-order chi connectivity index (χ1) is 8.48. The van der Waals surface area contributed by atoms with Crippen molar-refractivity contribution in [2.45, 2.75) is 45.6 Å². The van der Waals surface area contributed by atoms with Gasteiger partial charge in [0.25, 0.3) is 0 Å². The quantitative estimate of drug-likeness (QED) is 0.677. The number of carboxylic acids is 1. The third kappa shape index (κ3) is 2.94. The molecule has 0 spiro atoms. The van der Waals surface area contributed by atoms with Crippen molar-refractivity contribution in [2.24, 2.45) is 0 Å². The molecule has 1 aromatic carbocycles. The highest BCUT2D eigenvalue weighted by Crippen LogP contribution is 2.29. The Labute approximate surface area is 108 Å². The Kier molecular flexibility index (Phi) is 4.59. The Bertz CT molecular complexity index is 418. The van der Waals surface area contributed by atoms with Crippen molar-refractivity contribution in [1.29, 1.82) is 0 Å². The summed E-state index contributed by atoms with van der Waals surface area (Å²) in [5, 5.41) is 12.4. The second-order valence-electron chi connectivity index (χ2n) is 4.57. The number of nitrogens with one attached hydrogen (secondary N) is 1. The van der Waals surface area contributed by atoms with Gasteiger partial charge in [-0.15, -0.1) is 0 Å². The average Bonchev–Trinajstić information content (AvgIpc) is 2.38. The molecule has 0 aliphatic carbocycles. The predicted molar refractivity (Wildman–Crippen MR) is 75.0 cm³/mol. The summed E-state index contributed by atoms with van der Waals surface area (Å²) in [4.78, 5) is 11.0. The van der Waals surface area contributed by atoms with Crippen LogP contribution in [0, 0.1) is 0 Å². The van der Waals surface area contributed by atoms with E-state index in [1.165, 1.54) is 6.07 Å². The lowest BCUT2D eigenvalue weighted by Gasteiger charge is -2.33. The summed E-state index contributed by atoms with van der Waals surface area (Å²) in [7, 11) is 0. The minimum atomic E-state index is -0.937. The van der Waals surface area contributed by atoms with Crippen LogP contribution in [0.4, 0.5) is 11.4 Å². The van der Waals surface area contributed by atoms with Crippen LogP contribution < -0.4 is 11.1 Å². The Morgan fingerprint density at radius 1 is 1.28 bits per heavy atom. The second kappa shape index (κ2) is 5.76. The molecule has 100 valence electrons. The van der Waals surface area contributed by atoms with E-state index in [1.807, 2.05) is 0 Å². The maximum atomic E-state index is 11.0. The molecule has 0 saturated carbocycles. The molecule has 0 atom stereocenters. The van der Waals surface area contributed by atoms with Crippen LogP contribution in [-0.2, 0) is 0 Å². The van der Waals surface area contributed by atoms with Crippen LogP contribution in [0.5, 0.6) is 0 Å². The van der Waals surface area contributed by atoms with E-state index < -0.39 is 5.97 Å². The predicted octanol–water partition coefficient (Wildman–Crippen LogP) is 3.35. The molecule has 1 rings (SSSR count). The number of nitrogens with two attached hydrogens (primary N) is 1. The molecule has 0 heterocycles. The van der Waals surface area contributed by atoms with Crippen LogP contribution in [-0.4, -0.2) is 16.6 Å². The molecule has 0 aliphatic rings. The smallest absolute Gasteiger partial charge is 0.335 e. The first-order valence-corrected chi connectivity index (χ1v) is 6.39. The normalized spacial score (nSPS) is 11.3. The SMILES string of the molecule is CCC(CC)(CC)Nc1cc(C(=O)O)ccc1N. The van der Waals surface area contributed by atoms with Crippen LogP contribution in [0.25, 0.3) is 0 Å². The molecule has 1 aromatic rings. The van der Waals surface area contributed by atoms with Crippen LogP contribution in [0.2, 0.25) is 0 Å². The molecule has 4 nitrogen and oxygen atoms in total. The number of carboxylic acid groups (broad SMARTS) is 1. The van der Waals surface area contributed by atoms with Crippen LogP contribution in [0.1, 0.15) is 50.4 Å². The van der Waals surface area contributed by atoms with Crippen molar-refractivity contribution < 1.29 is 9.90 Å². The molecule has 0 fully saturated rings. The first kappa shape index (κ1) is 14.4. The fourth-order valence-corrected chi connectivity index (χ4v) is 2.10. The third-order valence-electron chi connectivity index (χ3n) is 3.73. The molecular formula is C14H22N2O2. The van der Waals surface area contributed by atoms with Crippen LogP contribution >= 0.6 is 0 Å². The maximum absolute atomic E-state index is 11.0. The molecule has 4 heteroatoms. The van der Waals surface area contributed by atoms with E-state index in [1.54, 1.807) is 12.1 Å². The van der Waals surface area contributed by atoms with Crippen molar-refractivity contribution in [2.75, 3.05) is 11.1 Å². The number of rotatable bonds is 6. The minimum absolute atomic E-state index is 0.0226. The number of nitrogen functional groups attached to an aromatic ring is 1. The van der Waals surface area contributed by atoms with Gasteiger partial charge in [0.2, 0.25) is 0 Å². The van der Waals surface area contributed by atoms with Crippen molar-refractivity contribution in [1.82, 2.24) is 0 Å². The van der Waals surface area contributed by atoms with Crippen molar-refractivity contribution >= 4 is 17.3 Å². The van der Waals surface area contributed by atoms with E-state index >= 15 is 0 Å². The number of carbonyl (C=O) groups is 1. The van der Waals surface area contributed by atoms with E-state index in [9.17, 15) is 4.79 Å². The fraction of sp³-hybridized carbons (Fsp3) is 0.500. The number of aromatic carboxylic acids is 1. The maximum Gasteiger partial charge on any atom is 0.335 e. The Morgan fingerprint density at radius 2 is 1.83 bits per heavy atom. The third-order valence-corrected chi connectivity index (χ3v) is 3.73. The van der Waals surface area contributed by atoms with Gasteiger partial charge in [-0.1, -0.05) is 20.8 Å². The number of benzene rings is 1. The summed E-state index contributed by atoms with van der Waals surface area (Å²) in [5.74, 6) is -0.937.